The van der Waals surface area contributed by atoms with Gasteiger partial charge in [0.15, 0.2) is 0 Å². The van der Waals surface area contributed by atoms with Crippen LogP contribution in [0.3, 0.4) is 0 Å². The van der Waals surface area contributed by atoms with Crippen molar-refractivity contribution in [2.75, 3.05) is 26.3 Å². The molecule has 1 saturated heterocycles. The summed E-state index contributed by atoms with van der Waals surface area (Å²) in [5, 5.41) is 3.16. The van der Waals surface area contributed by atoms with Crippen molar-refractivity contribution in [3.05, 3.63) is 0 Å². The Bertz CT molecular complexity index is 272. The van der Waals surface area contributed by atoms with Gasteiger partial charge in [0.05, 0.1) is 19.8 Å². The van der Waals surface area contributed by atoms with Crippen molar-refractivity contribution in [3.8, 4) is 0 Å². The lowest BCUT2D eigenvalue weighted by Crippen LogP contribution is -2.46. The first-order valence-corrected chi connectivity index (χ1v) is 6.05. The van der Waals surface area contributed by atoms with Gasteiger partial charge in [-0.2, -0.15) is 0 Å². The third-order valence-electron chi connectivity index (χ3n) is 3.06. The highest BCUT2D eigenvalue weighted by Crippen LogP contribution is 2.28. The number of hydrogen-bond donors (Lipinski definition) is 1. The number of hydrogen-bond acceptors (Lipinski definition) is 3. The second-order valence-corrected chi connectivity index (χ2v) is 4.60. The van der Waals surface area contributed by atoms with Crippen molar-refractivity contribution >= 4 is 18.3 Å². The number of halogens is 3. The van der Waals surface area contributed by atoms with Crippen LogP contribution in [-0.2, 0) is 9.53 Å². The van der Waals surface area contributed by atoms with E-state index < -0.39 is 13.0 Å². The fourth-order valence-electron chi connectivity index (χ4n) is 2.07. The van der Waals surface area contributed by atoms with Crippen LogP contribution >= 0.6 is 12.4 Å². The Balaban J connectivity index is 0.00000162. The minimum absolute atomic E-state index is 0. The lowest BCUT2D eigenvalue weighted by Gasteiger charge is -2.27. The molecule has 2 fully saturated rings. The van der Waals surface area contributed by atoms with Gasteiger partial charge in [-0.25, -0.2) is 8.78 Å². The predicted molar refractivity (Wildman–Crippen MR) is 65.2 cm³/mol. The summed E-state index contributed by atoms with van der Waals surface area (Å²) in [4.78, 5) is 13.3. The van der Waals surface area contributed by atoms with Crippen LogP contribution in [-0.4, -0.2) is 55.6 Å². The molecule has 2 rings (SSSR count). The van der Waals surface area contributed by atoms with Crippen LogP contribution < -0.4 is 5.32 Å². The lowest BCUT2D eigenvalue weighted by atomic mass is 10.1. The molecule has 0 bridgehead atoms. The number of nitrogens with zero attached hydrogens (tertiary/aromatic N) is 1. The number of rotatable bonds is 5. The highest BCUT2D eigenvalue weighted by atomic mass is 35.5. The molecule has 1 aliphatic heterocycles. The average Bonchev–Trinajstić information content (AvgIpc) is 3.10. The average molecular weight is 285 g/mol. The first-order valence-electron chi connectivity index (χ1n) is 6.05. The van der Waals surface area contributed by atoms with Gasteiger partial charge in [0.1, 0.15) is 0 Å². The summed E-state index contributed by atoms with van der Waals surface area (Å²) >= 11 is 0. The first kappa shape index (κ1) is 15.6. The molecule has 1 unspecified atom stereocenters. The number of carbonyl (C=O) groups is 1. The summed E-state index contributed by atoms with van der Waals surface area (Å²) in [6, 6.07) is 0.0104. The van der Waals surface area contributed by atoms with Crippen LogP contribution in [0.5, 0.6) is 0 Å². The zero-order valence-electron chi connectivity index (χ0n) is 10.1. The van der Waals surface area contributed by atoms with Gasteiger partial charge in [0.2, 0.25) is 5.91 Å². The molecule has 4 nitrogen and oxygen atoms in total. The largest absolute Gasteiger partial charge is 0.378 e. The SMILES string of the molecule is Cl.O=C(CC1COCCN1)N(CC(F)F)C1CC1. The van der Waals surface area contributed by atoms with E-state index in [-0.39, 0.29) is 36.8 Å². The zero-order chi connectivity index (χ0) is 12.3. The van der Waals surface area contributed by atoms with Crippen molar-refractivity contribution < 1.29 is 18.3 Å². The molecule has 1 N–H and O–H groups in total. The van der Waals surface area contributed by atoms with Gasteiger partial charge >= 0.3 is 0 Å². The van der Waals surface area contributed by atoms with Crippen molar-refractivity contribution in [3.63, 3.8) is 0 Å². The van der Waals surface area contributed by atoms with Crippen molar-refractivity contribution in [2.24, 2.45) is 0 Å². The quantitative estimate of drug-likeness (QED) is 0.820. The van der Waals surface area contributed by atoms with E-state index in [0.29, 0.717) is 13.2 Å². The molecule has 1 atom stereocenters. The van der Waals surface area contributed by atoms with Crippen LogP contribution in [0.25, 0.3) is 0 Å². The molecule has 0 aromatic heterocycles. The third-order valence-corrected chi connectivity index (χ3v) is 3.06. The Morgan fingerprint density at radius 2 is 2.17 bits per heavy atom. The fraction of sp³-hybridized carbons (Fsp3) is 0.909. The molecule has 0 spiro atoms. The van der Waals surface area contributed by atoms with Gasteiger partial charge < -0.3 is 15.0 Å². The first-order chi connectivity index (χ1) is 8.16. The molecule has 106 valence electrons. The summed E-state index contributed by atoms with van der Waals surface area (Å²) in [5.41, 5.74) is 0. The molecule has 18 heavy (non-hydrogen) atoms. The van der Waals surface area contributed by atoms with Crippen molar-refractivity contribution in [1.82, 2.24) is 10.2 Å². The Labute approximate surface area is 111 Å². The number of morpholine rings is 1. The number of carbonyl (C=O) groups excluding carboxylic acids is 1. The zero-order valence-corrected chi connectivity index (χ0v) is 10.9. The summed E-state index contributed by atoms with van der Waals surface area (Å²) < 4.78 is 30.0. The van der Waals surface area contributed by atoms with Crippen LogP contribution in [0.15, 0.2) is 0 Å². The fourth-order valence-corrected chi connectivity index (χ4v) is 2.07. The van der Waals surface area contributed by atoms with E-state index in [1.165, 1.54) is 4.90 Å². The highest BCUT2D eigenvalue weighted by molar-refractivity contribution is 5.85. The molecule has 1 amide bonds. The van der Waals surface area contributed by atoms with E-state index >= 15 is 0 Å². The maximum atomic E-state index is 12.4. The van der Waals surface area contributed by atoms with Crippen LogP contribution in [0.2, 0.25) is 0 Å². The summed E-state index contributed by atoms with van der Waals surface area (Å²) in [7, 11) is 0. The Kier molecular flexibility index (Phi) is 6.25. The maximum absolute atomic E-state index is 12.4. The van der Waals surface area contributed by atoms with E-state index in [0.717, 1.165) is 19.4 Å². The molecule has 0 radical (unpaired) electrons. The van der Waals surface area contributed by atoms with E-state index in [1.54, 1.807) is 0 Å². The van der Waals surface area contributed by atoms with E-state index in [1.807, 2.05) is 0 Å². The monoisotopic (exact) mass is 284 g/mol. The topological polar surface area (TPSA) is 41.6 Å². The van der Waals surface area contributed by atoms with Crippen LogP contribution in [0, 0.1) is 0 Å². The second kappa shape index (κ2) is 7.21. The van der Waals surface area contributed by atoms with Gasteiger partial charge in [-0.05, 0) is 12.8 Å². The minimum Gasteiger partial charge on any atom is -0.378 e. The summed E-state index contributed by atoms with van der Waals surface area (Å²) in [6.07, 6.45) is -0.487. The number of nitrogens with one attached hydrogen (secondary N) is 1. The second-order valence-electron chi connectivity index (χ2n) is 4.60. The lowest BCUT2D eigenvalue weighted by molar-refractivity contribution is -0.135. The summed E-state index contributed by atoms with van der Waals surface area (Å²) in [5.74, 6) is -0.184. The standard InChI is InChI=1S/C11H18F2N2O2.ClH/c12-10(13)6-15(9-1-2-9)11(16)5-8-7-17-4-3-14-8;/h8-10,14H,1-7H2;1H. The van der Waals surface area contributed by atoms with Gasteiger partial charge in [-0.3, -0.25) is 4.79 Å². The molecular weight excluding hydrogens is 266 g/mol. The highest BCUT2D eigenvalue weighted by Gasteiger charge is 2.35. The number of ether oxygens (including phenoxy) is 1. The minimum atomic E-state index is -2.45. The molecule has 0 aromatic carbocycles. The van der Waals surface area contributed by atoms with Gasteiger partial charge in [-0.1, -0.05) is 0 Å². The number of alkyl halides is 2. The smallest absolute Gasteiger partial charge is 0.255 e. The van der Waals surface area contributed by atoms with Crippen molar-refractivity contribution in [1.29, 1.82) is 0 Å². The van der Waals surface area contributed by atoms with Gasteiger partial charge in [-0.15, -0.1) is 12.4 Å². The Morgan fingerprint density at radius 3 is 2.67 bits per heavy atom. The summed E-state index contributed by atoms with van der Waals surface area (Å²) in [6.45, 7) is 1.42. The van der Waals surface area contributed by atoms with Crippen LogP contribution in [0.4, 0.5) is 8.78 Å². The molecule has 1 heterocycles. The molecule has 2 aliphatic rings. The molecule has 0 aromatic rings. The predicted octanol–water partition coefficient (Wildman–Crippen LogP) is 1.04. The van der Waals surface area contributed by atoms with E-state index in [4.69, 9.17) is 4.74 Å². The maximum Gasteiger partial charge on any atom is 0.255 e. The van der Waals surface area contributed by atoms with Gasteiger partial charge in [0.25, 0.3) is 6.43 Å². The molecule has 7 heteroatoms. The van der Waals surface area contributed by atoms with Crippen LogP contribution in [0.1, 0.15) is 19.3 Å². The molecular formula is C11H19ClF2N2O2. The van der Waals surface area contributed by atoms with E-state index in [9.17, 15) is 13.6 Å². The number of amides is 1. The van der Waals surface area contributed by atoms with Crippen molar-refractivity contribution in [2.45, 2.75) is 37.8 Å². The molecule has 1 saturated carbocycles. The van der Waals surface area contributed by atoms with Gasteiger partial charge in [0, 0.05) is 25.0 Å². The third kappa shape index (κ3) is 4.66. The normalized spacial score (nSPS) is 23.6. The Hall–Kier alpha value is -0.460. The van der Waals surface area contributed by atoms with E-state index in [2.05, 4.69) is 5.32 Å². The molecule has 1 aliphatic carbocycles. The Morgan fingerprint density at radius 1 is 1.44 bits per heavy atom.